The van der Waals surface area contributed by atoms with Crippen LogP contribution in [0.1, 0.15) is 30.0 Å². The molecule has 0 aliphatic carbocycles. The molecule has 0 spiro atoms. The van der Waals surface area contributed by atoms with Crippen LogP contribution in [-0.4, -0.2) is 19.6 Å². The first kappa shape index (κ1) is 17.0. The summed E-state index contributed by atoms with van der Waals surface area (Å²) >= 11 is 10.1. The average Bonchev–Trinajstić information content (AvgIpc) is 2.89. The van der Waals surface area contributed by atoms with E-state index < -0.39 is 6.10 Å². The predicted octanol–water partition coefficient (Wildman–Crippen LogP) is 4.97. The molecule has 120 valence electrons. The van der Waals surface area contributed by atoms with Crippen molar-refractivity contribution >= 4 is 53.4 Å². The Morgan fingerprint density at radius 3 is 2.43 bits per heavy atom. The molecule has 2 heterocycles. The average molecular weight is 505 g/mol. The van der Waals surface area contributed by atoms with Crippen molar-refractivity contribution in [1.82, 2.24) is 9.38 Å². The molecule has 0 saturated heterocycles. The summed E-state index contributed by atoms with van der Waals surface area (Å²) in [6, 6.07) is 7.25. The second-order valence-corrected chi connectivity index (χ2v) is 7.73. The zero-order chi connectivity index (χ0) is 16.7. The fourth-order valence-corrected chi connectivity index (χ4v) is 4.10. The fraction of sp³-hybridized carbons (Fsp3) is 0.188. The number of phenols is 1. The van der Waals surface area contributed by atoms with Gasteiger partial charge < -0.3 is 10.2 Å². The van der Waals surface area contributed by atoms with Crippen LogP contribution in [0.15, 0.2) is 43.9 Å². The summed E-state index contributed by atoms with van der Waals surface area (Å²) in [6.07, 6.45) is 1.75. The minimum absolute atomic E-state index is 0.109. The van der Waals surface area contributed by atoms with Gasteiger partial charge in [-0.1, -0.05) is 6.92 Å². The van der Waals surface area contributed by atoms with Crippen molar-refractivity contribution in [2.45, 2.75) is 19.4 Å². The van der Waals surface area contributed by atoms with Gasteiger partial charge in [0.15, 0.2) is 0 Å². The first-order chi connectivity index (χ1) is 10.9. The Morgan fingerprint density at radius 2 is 1.83 bits per heavy atom. The van der Waals surface area contributed by atoms with Crippen molar-refractivity contribution < 1.29 is 10.2 Å². The number of phenolic OH excluding ortho intramolecular Hbond substituents is 1. The number of aromatic hydroxyl groups is 1. The number of pyridine rings is 1. The number of benzene rings is 1. The standard InChI is InChI=1S/C16H13Br3N2O2/c1-2-12-14(21-7-9(17)3-4-13(21)20-12)15(22)8-5-10(18)16(23)11(19)6-8/h3-7,15,22-23H,2H2,1H3. The Kier molecular flexibility index (Phi) is 4.83. The van der Waals surface area contributed by atoms with Gasteiger partial charge in [0.2, 0.25) is 0 Å². The van der Waals surface area contributed by atoms with Gasteiger partial charge in [0.25, 0.3) is 0 Å². The normalized spacial score (nSPS) is 12.7. The summed E-state index contributed by atoms with van der Waals surface area (Å²) in [5.74, 6) is 0.109. The van der Waals surface area contributed by atoms with Crippen molar-refractivity contribution in [3.05, 3.63) is 60.8 Å². The SMILES string of the molecule is CCc1nc2ccc(Br)cn2c1C(O)c1cc(Br)c(O)c(Br)c1. The third-order valence-electron chi connectivity index (χ3n) is 3.64. The molecule has 0 radical (unpaired) electrons. The molecule has 1 aromatic carbocycles. The van der Waals surface area contributed by atoms with Crippen LogP contribution in [0.2, 0.25) is 0 Å². The number of hydrogen-bond acceptors (Lipinski definition) is 3. The first-order valence-electron chi connectivity index (χ1n) is 6.94. The molecule has 2 N–H and O–H groups in total. The smallest absolute Gasteiger partial charge is 0.143 e. The van der Waals surface area contributed by atoms with E-state index in [4.69, 9.17) is 0 Å². The van der Waals surface area contributed by atoms with Crippen LogP contribution in [0.25, 0.3) is 5.65 Å². The fourth-order valence-electron chi connectivity index (χ4n) is 2.54. The minimum Gasteiger partial charge on any atom is -0.506 e. The molecule has 3 rings (SSSR count). The highest BCUT2D eigenvalue weighted by Crippen LogP contribution is 2.37. The number of aryl methyl sites for hydroxylation is 1. The molecule has 0 aliphatic heterocycles. The van der Waals surface area contributed by atoms with Gasteiger partial charge in [-0.05, 0) is 84.0 Å². The van der Waals surface area contributed by atoms with Gasteiger partial charge in [0.05, 0.1) is 20.3 Å². The quantitative estimate of drug-likeness (QED) is 0.529. The largest absolute Gasteiger partial charge is 0.506 e. The van der Waals surface area contributed by atoms with Crippen LogP contribution in [0, 0.1) is 0 Å². The zero-order valence-electron chi connectivity index (χ0n) is 12.1. The van der Waals surface area contributed by atoms with Gasteiger partial charge in [-0.15, -0.1) is 0 Å². The highest BCUT2D eigenvalue weighted by Gasteiger charge is 2.22. The highest BCUT2D eigenvalue weighted by molar-refractivity contribution is 9.11. The lowest BCUT2D eigenvalue weighted by Gasteiger charge is -2.15. The number of aromatic nitrogens is 2. The topological polar surface area (TPSA) is 57.8 Å². The Labute approximate surface area is 158 Å². The van der Waals surface area contributed by atoms with Gasteiger partial charge >= 0.3 is 0 Å². The van der Waals surface area contributed by atoms with Crippen LogP contribution < -0.4 is 0 Å². The van der Waals surface area contributed by atoms with Crippen LogP contribution in [0.5, 0.6) is 5.75 Å². The summed E-state index contributed by atoms with van der Waals surface area (Å²) in [7, 11) is 0. The van der Waals surface area contributed by atoms with Crippen LogP contribution >= 0.6 is 47.8 Å². The summed E-state index contributed by atoms with van der Waals surface area (Å²) < 4.78 is 3.84. The molecule has 23 heavy (non-hydrogen) atoms. The first-order valence-corrected chi connectivity index (χ1v) is 9.32. The number of hydrogen-bond donors (Lipinski definition) is 2. The molecular weight excluding hydrogens is 492 g/mol. The Hall–Kier alpha value is -0.890. The molecule has 0 fully saturated rings. The van der Waals surface area contributed by atoms with Gasteiger partial charge in [-0.25, -0.2) is 4.98 Å². The molecule has 1 atom stereocenters. The van der Waals surface area contributed by atoms with E-state index in [0.717, 1.165) is 21.5 Å². The summed E-state index contributed by atoms with van der Waals surface area (Å²) in [6.45, 7) is 2.01. The number of fused-ring (bicyclic) bond motifs is 1. The van der Waals surface area contributed by atoms with Crippen molar-refractivity contribution in [2.24, 2.45) is 0 Å². The van der Waals surface area contributed by atoms with Crippen LogP contribution in [-0.2, 0) is 6.42 Å². The number of aliphatic hydroxyl groups excluding tert-OH is 1. The Balaban J connectivity index is 2.21. The third-order valence-corrected chi connectivity index (χ3v) is 5.32. The number of halogens is 3. The van der Waals surface area contributed by atoms with E-state index in [-0.39, 0.29) is 5.75 Å². The van der Waals surface area contributed by atoms with Crippen LogP contribution in [0.3, 0.4) is 0 Å². The van der Waals surface area contributed by atoms with Crippen molar-refractivity contribution in [1.29, 1.82) is 0 Å². The predicted molar refractivity (Wildman–Crippen MR) is 99.8 cm³/mol. The number of aliphatic hydroxyl groups is 1. The lowest BCUT2D eigenvalue weighted by molar-refractivity contribution is 0.213. The molecular formula is C16H13Br3N2O2. The lowest BCUT2D eigenvalue weighted by Crippen LogP contribution is -2.06. The van der Waals surface area contributed by atoms with Gasteiger partial charge in [-0.2, -0.15) is 0 Å². The molecule has 0 saturated carbocycles. The van der Waals surface area contributed by atoms with Gasteiger partial charge in [0.1, 0.15) is 17.5 Å². The maximum Gasteiger partial charge on any atom is 0.143 e. The van der Waals surface area contributed by atoms with E-state index in [1.807, 2.05) is 29.7 Å². The van der Waals surface area contributed by atoms with E-state index in [2.05, 4.69) is 52.8 Å². The molecule has 1 unspecified atom stereocenters. The van der Waals surface area contributed by atoms with Gasteiger partial charge in [0, 0.05) is 10.7 Å². The highest BCUT2D eigenvalue weighted by atomic mass is 79.9. The molecule has 0 bridgehead atoms. The lowest BCUT2D eigenvalue weighted by atomic mass is 10.0. The summed E-state index contributed by atoms with van der Waals surface area (Å²) in [5.41, 5.74) is 3.03. The van der Waals surface area contributed by atoms with Crippen LogP contribution in [0.4, 0.5) is 0 Å². The van der Waals surface area contributed by atoms with Crippen molar-refractivity contribution in [3.8, 4) is 5.75 Å². The van der Waals surface area contributed by atoms with E-state index in [1.54, 1.807) is 12.1 Å². The maximum atomic E-state index is 10.9. The molecule has 4 nitrogen and oxygen atoms in total. The van der Waals surface area contributed by atoms with E-state index in [1.165, 1.54) is 0 Å². The number of rotatable bonds is 3. The zero-order valence-corrected chi connectivity index (χ0v) is 16.9. The number of imidazole rings is 1. The molecule has 0 amide bonds. The van der Waals surface area contributed by atoms with E-state index >= 15 is 0 Å². The van der Waals surface area contributed by atoms with Crippen molar-refractivity contribution in [3.63, 3.8) is 0 Å². The summed E-state index contributed by atoms with van der Waals surface area (Å²) in [4.78, 5) is 4.59. The second kappa shape index (κ2) is 6.55. The maximum absolute atomic E-state index is 10.9. The second-order valence-electron chi connectivity index (χ2n) is 5.11. The van der Waals surface area contributed by atoms with Gasteiger partial charge in [-0.3, -0.25) is 4.40 Å². The third kappa shape index (κ3) is 3.07. The van der Waals surface area contributed by atoms with E-state index in [9.17, 15) is 10.2 Å². The Morgan fingerprint density at radius 1 is 1.17 bits per heavy atom. The van der Waals surface area contributed by atoms with E-state index in [0.29, 0.717) is 20.9 Å². The monoisotopic (exact) mass is 502 g/mol. The summed E-state index contributed by atoms with van der Waals surface area (Å²) in [5, 5.41) is 20.8. The minimum atomic E-state index is -0.859. The Bertz CT molecular complexity index is 869. The molecule has 2 aromatic heterocycles. The molecule has 3 aromatic rings. The number of nitrogens with zero attached hydrogens (tertiary/aromatic N) is 2. The van der Waals surface area contributed by atoms with Crippen molar-refractivity contribution in [2.75, 3.05) is 0 Å². The molecule has 0 aliphatic rings. The molecule has 7 heteroatoms.